The summed E-state index contributed by atoms with van der Waals surface area (Å²) in [7, 11) is 0. The predicted octanol–water partition coefficient (Wildman–Crippen LogP) is 5.05. The summed E-state index contributed by atoms with van der Waals surface area (Å²) in [5.74, 6) is 0.593. The minimum atomic E-state index is -0.0933. The first kappa shape index (κ1) is 16.7. The van der Waals surface area contributed by atoms with Gasteiger partial charge in [-0.05, 0) is 29.8 Å². The third kappa shape index (κ3) is 3.83. The van der Waals surface area contributed by atoms with Crippen molar-refractivity contribution in [3.8, 4) is 5.75 Å². The topological polar surface area (TPSA) is 54.1 Å². The van der Waals surface area contributed by atoms with Crippen LogP contribution in [0.2, 0.25) is 10.0 Å². The average molecular weight is 363 g/mol. The van der Waals surface area contributed by atoms with Crippen molar-refractivity contribution >= 4 is 45.7 Å². The van der Waals surface area contributed by atoms with Crippen molar-refractivity contribution in [3.05, 3.63) is 58.2 Å². The van der Waals surface area contributed by atoms with Gasteiger partial charge >= 0.3 is 0 Å². The molecule has 2 N–H and O–H groups in total. The number of fused-ring (bicyclic) bond motifs is 1. The van der Waals surface area contributed by atoms with Gasteiger partial charge in [0.1, 0.15) is 5.75 Å². The molecule has 124 valence electrons. The lowest BCUT2D eigenvalue weighted by molar-refractivity contribution is -0.114. The SMILES string of the molecule is CC(=O)Nc1c[nH]c2ccc(CCOc3ccc(Cl)c(Cl)c3)cc12. The summed E-state index contributed by atoms with van der Waals surface area (Å²) in [5, 5.41) is 4.79. The van der Waals surface area contributed by atoms with Crippen molar-refractivity contribution in [2.75, 3.05) is 11.9 Å². The van der Waals surface area contributed by atoms with E-state index in [2.05, 4.69) is 16.4 Å². The van der Waals surface area contributed by atoms with Gasteiger partial charge in [-0.25, -0.2) is 0 Å². The molecule has 2 aromatic carbocycles. The Hall–Kier alpha value is -2.17. The maximum atomic E-state index is 11.3. The molecule has 0 aliphatic heterocycles. The van der Waals surface area contributed by atoms with Crippen LogP contribution in [-0.4, -0.2) is 17.5 Å². The second kappa shape index (κ2) is 7.16. The van der Waals surface area contributed by atoms with Gasteiger partial charge in [-0.15, -0.1) is 0 Å². The maximum Gasteiger partial charge on any atom is 0.221 e. The van der Waals surface area contributed by atoms with Crippen molar-refractivity contribution in [1.82, 2.24) is 4.98 Å². The van der Waals surface area contributed by atoms with Crippen LogP contribution in [0.4, 0.5) is 5.69 Å². The maximum absolute atomic E-state index is 11.3. The quantitative estimate of drug-likeness (QED) is 0.666. The average Bonchev–Trinajstić information content (AvgIpc) is 2.93. The van der Waals surface area contributed by atoms with Crippen LogP contribution in [0.1, 0.15) is 12.5 Å². The largest absolute Gasteiger partial charge is 0.493 e. The van der Waals surface area contributed by atoms with Crippen LogP contribution < -0.4 is 10.1 Å². The lowest BCUT2D eigenvalue weighted by Gasteiger charge is -2.08. The van der Waals surface area contributed by atoms with Crippen molar-refractivity contribution < 1.29 is 9.53 Å². The third-order valence-corrected chi connectivity index (χ3v) is 4.35. The number of carbonyl (C=O) groups excluding carboxylic acids is 1. The lowest BCUT2D eigenvalue weighted by atomic mass is 10.1. The molecule has 3 rings (SSSR count). The number of rotatable bonds is 5. The molecule has 0 fully saturated rings. The monoisotopic (exact) mass is 362 g/mol. The Balaban J connectivity index is 1.68. The minimum Gasteiger partial charge on any atom is -0.493 e. The summed E-state index contributed by atoms with van der Waals surface area (Å²) in [4.78, 5) is 14.4. The zero-order valence-corrected chi connectivity index (χ0v) is 14.5. The van der Waals surface area contributed by atoms with E-state index in [1.807, 2.05) is 12.1 Å². The van der Waals surface area contributed by atoms with Gasteiger partial charge in [0.2, 0.25) is 5.91 Å². The van der Waals surface area contributed by atoms with Crippen LogP contribution >= 0.6 is 23.2 Å². The van der Waals surface area contributed by atoms with Gasteiger partial charge in [-0.2, -0.15) is 0 Å². The van der Waals surface area contributed by atoms with E-state index in [1.165, 1.54) is 6.92 Å². The summed E-state index contributed by atoms with van der Waals surface area (Å²) in [6.07, 6.45) is 2.53. The lowest BCUT2D eigenvalue weighted by Crippen LogP contribution is -2.05. The minimum absolute atomic E-state index is 0.0933. The number of benzene rings is 2. The van der Waals surface area contributed by atoms with Crippen molar-refractivity contribution in [3.63, 3.8) is 0 Å². The van der Waals surface area contributed by atoms with Gasteiger partial charge in [0, 0.05) is 36.5 Å². The van der Waals surface area contributed by atoms with Crippen LogP contribution in [0.25, 0.3) is 10.9 Å². The molecule has 0 unspecified atom stereocenters. The van der Waals surface area contributed by atoms with Gasteiger partial charge in [0.05, 0.1) is 22.3 Å². The van der Waals surface area contributed by atoms with Crippen molar-refractivity contribution in [2.45, 2.75) is 13.3 Å². The third-order valence-electron chi connectivity index (χ3n) is 3.61. The molecule has 4 nitrogen and oxygen atoms in total. The highest BCUT2D eigenvalue weighted by molar-refractivity contribution is 6.42. The molecule has 0 aliphatic carbocycles. The molecule has 0 saturated heterocycles. The van der Waals surface area contributed by atoms with Crippen LogP contribution in [-0.2, 0) is 11.2 Å². The second-order valence-corrected chi connectivity index (χ2v) is 6.25. The number of hydrogen-bond acceptors (Lipinski definition) is 2. The number of halogens is 2. The number of anilines is 1. The first-order chi connectivity index (χ1) is 11.5. The Morgan fingerprint density at radius 1 is 1.17 bits per heavy atom. The van der Waals surface area contributed by atoms with Crippen LogP contribution in [0.3, 0.4) is 0 Å². The number of aromatic nitrogens is 1. The molecule has 0 radical (unpaired) electrons. The number of hydrogen-bond donors (Lipinski definition) is 2. The zero-order valence-electron chi connectivity index (χ0n) is 13.0. The highest BCUT2D eigenvalue weighted by Crippen LogP contribution is 2.27. The highest BCUT2D eigenvalue weighted by Gasteiger charge is 2.06. The Morgan fingerprint density at radius 3 is 2.75 bits per heavy atom. The Kier molecular flexibility index (Phi) is 4.97. The van der Waals surface area contributed by atoms with E-state index in [9.17, 15) is 4.79 Å². The first-order valence-electron chi connectivity index (χ1n) is 7.48. The summed E-state index contributed by atoms with van der Waals surface area (Å²) < 4.78 is 5.71. The van der Waals surface area contributed by atoms with Crippen LogP contribution in [0.15, 0.2) is 42.6 Å². The summed E-state index contributed by atoms with van der Waals surface area (Å²) in [6, 6.07) is 11.3. The summed E-state index contributed by atoms with van der Waals surface area (Å²) in [5.41, 5.74) is 2.88. The molecule has 24 heavy (non-hydrogen) atoms. The van der Waals surface area contributed by atoms with E-state index in [1.54, 1.807) is 24.4 Å². The molecule has 1 amide bonds. The Bertz CT molecular complexity index is 890. The number of ether oxygens (including phenoxy) is 1. The van der Waals surface area contributed by atoms with E-state index < -0.39 is 0 Å². The Morgan fingerprint density at radius 2 is 2.00 bits per heavy atom. The predicted molar refractivity (Wildman–Crippen MR) is 98.3 cm³/mol. The van der Waals surface area contributed by atoms with Crippen LogP contribution in [0, 0.1) is 0 Å². The van der Waals surface area contributed by atoms with E-state index >= 15 is 0 Å². The molecular weight excluding hydrogens is 347 g/mol. The van der Waals surface area contributed by atoms with Gasteiger partial charge in [-0.1, -0.05) is 29.3 Å². The highest BCUT2D eigenvalue weighted by atomic mass is 35.5. The first-order valence-corrected chi connectivity index (χ1v) is 8.24. The molecular formula is C18H16Cl2N2O2. The van der Waals surface area contributed by atoms with Gasteiger partial charge in [0.15, 0.2) is 0 Å². The molecule has 0 atom stereocenters. The zero-order chi connectivity index (χ0) is 17.1. The van der Waals surface area contributed by atoms with E-state index in [0.717, 1.165) is 28.6 Å². The Labute approximate surface area is 149 Å². The smallest absolute Gasteiger partial charge is 0.221 e. The molecule has 0 spiro atoms. The number of carbonyl (C=O) groups is 1. The van der Waals surface area contributed by atoms with Crippen molar-refractivity contribution in [1.29, 1.82) is 0 Å². The molecule has 0 saturated carbocycles. The molecule has 0 bridgehead atoms. The normalized spacial score (nSPS) is 10.8. The second-order valence-electron chi connectivity index (χ2n) is 5.44. The van der Waals surface area contributed by atoms with Crippen molar-refractivity contribution in [2.24, 2.45) is 0 Å². The molecule has 0 aliphatic rings. The standard InChI is InChI=1S/C18H16Cl2N2O2/c1-11(23)22-18-10-21-17-5-2-12(8-14(17)18)6-7-24-13-3-4-15(19)16(20)9-13/h2-5,8-10,21H,6-7H2,1H3,(H,22,23). The molecule has 1 aromatic heterocycles. The van der Waals surface area contributed by atoms with E-state index in [4.69, 9.17) is 27.9 Å². The number of aromatic amines is 1. The van der Waals surface area contributed by atoms with Gasteiger partial charge < -0.3 is 15.0 Å². The fourth-order valence-corrected chi connectivity index (χ4v) is 2.76. The summed E-state index contributed by atoms with van der Waals surface area (Å²) >= 11 is 11.9. The van der Waals surface area contributed by atoms with Crippen LogP contribution in [0.5, 0.6) is 5.75 Å². The molecule has 6 heteroatoms. The fraction of sp³-hybridized carbons (Fsp3) is 0.167. The number of amides is 1. The summed E-state index contributed by atoms with van der Waals surface area (Å²) in [6.45, 7) is 2.01. The van der Waals surface area contributed by atoms with E-state index in [-0.39, 0.29) is 5.91 Å². The van der Waals surface area contributed by atoms with Gasteiger partial charge in [0.25, 0.3) is 0 Å². The van der Waals surface area contributed by atoms with E-state index in [0.29, 0.717) is 22.4 Å². The van der Waals surface area contributed by atoms with Gasteiger partial charge in [-0.3, -0.25) is 4.79 Å². The number of H-pyrrole nitrogens is 1. The fourth-order valence-electron chi connectivity index (χ4n) is 2.47. The molecule has 1 heterocycles. The number of nitrogens with one attached hydrogen (secondary N) is 2. The molecule has 3 aromatic rings.